The second-order valence-electron chi connectivity index (χ2n) is 4.30. The molecule has 0 unspecified atom stereocenters. The number of nitrogens with zero attached hydrogens (tertiary/aromatic N) is 1. The summed E-state index contributed by atoms with van der Waals surface area (Å²) in [5.74, 6) is 0. The van der Waals surface area contributed by atoms with Crippen LogP contribution in [0.3, 0.4) is 0 Å². The Kier molecular flexibility index (Phi) is 2.89. The molecule has 0 aliphatic heterocycles. The van der Waals surface area contributed by atoms with Gasteiger partial charge in [-0.3, -0.25) is 4.99 Å². The molecule has 0 radical (unpaired) electrons. The number of benzene rings is 1. The molecule has 3 rings (SSSR count). The summed E-state index contributed by atoms with van der Waals surface area (Å²) in [5, 5.41) is 0. The minimum absolute atomic E-state index is 0.0759. The third kappa shape index (κ3) is 2.35. The van der Waals surface area contributed by atoms with Crippen LogP contribution in [0.1, 0.15) is 23.3 Å². The van der Waals surface area contributed by atoms with Crippen molar-refractivity contribution < 1.29 is 0 Å². The highest BCUT2D eigenvalue weighted by Crippen LogP contribution is 2.52. The SMILES string of the molecule is Brc1ccc(C2(N=Cc3ccccc3)CC2)s1. The first-order chi connectivity index (χ1) is 8.28. The van der Waals surface area contributed by atoms with Gasteiger partial charge in [0.1, 0.15) is 0 Å². The Balaban J connectivity index is 1.84. The Bertz CT molecular complexity index is 540. The molecule has 1 heterocycles. The number of halogens is 1. The summed E-state index contributed by atoms with van der Waals surface area (Å²) in [5.41, 5.74) is 1.25. The van der Waals surface area contributed by atoms with Crippen molar-refractivity contribution in [3.63, 3.8) is 0 Å². The van der Waals surface area contributed by atoms with Gasteiger partial charge in [-0.25, -0.2) is 0 Å². The van der Waals surface area contributed by atoms with E-state index >= 15 is 0 Å². The molecule has 0 bridgehead atoms. The van der Waals surface area contributed by atoms with E-state index < -0.39 is 0 Å². The summed E-state index contributed by atoms with van der Waals surface area (Å²) in [6.07, 6.45) is 4.34. The van der Waals surface area contributed by atoms with E-state index in [0.29, 0.717) is 0 Å². The molecule has 17 heavy (non-hydrogen) atoms. The van der Waals surface area contributed by atoms with E-state index in [4.69, 9.17) is 4.99 Å². The maximum absolute atomic E-state index is 4.79. The lowest BCUT2D eigenvalue weighted by molar-refractivity contribution is 0.766. The lowest BCUT2D eigenvalue weighted by Gasteiger charge is -2.06. The standard InChI is InChI=1S/C14H12BrNS/c15-13-7-6-12(17-13)14(8-9-14)16-10-11-4-2-1-3-5-11/h1-7,10H,8-9H2. The predicted octanol–water partition coefficient (Wildman–Crippen LogP) is 4.62. The Labute approximate surface area is 113 Å². The summed E-state index contributed by atoms with van der Waals surface area (Å²) >= 11 is 5.31. The fourth-order valence-corrected chi connectivity index (χ4v) is 3.44. The second kappa shape index (κ2) is 4.39. The summed E-state index contributed by atoms with van der Waals surface area (Å²) in [6, 6.07) is 14.6. The fourth-order valence-electron chi connectivity index (χ4n) is 1.86. The minimum atomic E-state index is 0.0759. The fraction of sp³-hybridized carbons (Fsp3) is 0.214. The molecule has 1 aromatic carbocycles. The third-order valence-corrected chi connectivity index (χ3v) is 4.83. The van der Waals surface area contributed by atoms with Gasteiger partial charge in [-0.15, -0.1) is 11.3 Å². The number of hydrogen-bond donors (Lipinski definition) is 0. The van der Waals surface area contributed by atoms with E-state index in [-0.39, 0.29) is 5.54 Å². The van der Waals surface area contributed by atoms with Crippen molar-refractivity contribution in [2.24, 2.45) is 4.99 Å². The smallest absolute Gasteiger partial charge is 0.0950 e. The highest BCUT2D eigenvalue weighted by atomic mass is 79.9. The zero-order valence-corrected chi connectivity index (χ0v) is 11.7. The largest absolute Gasteiger partial charge is 0.280 e. The Morgan fingerprint density at radius 2 is 1.88 bits per heavy atom. The molecular formula is C14H12BrNS. The lowest BCUT2D eigenvalue weighted by atomic mass is 10.2. The first-order valence-corrected chi connectivity index (χ1v) is 7.26. The van der Waals surface area contributed by atoms with Gasteiger partial charge in [-0.05, 0) is 46.5 Å². The maximum Gasteiger partial charge on any atom is 0.0950 e. The van der Waals surface area contributed by atoms with Gasteiger partial charge in [0.25, 0.3) is 0 Å². The summed E-state index contributed by atoms with van der Waals surface area (Å²) < 4.78 is 1.19. The first-order valence-electron chi connectivity index (χ1n) is 5.65. The molecule has 1 aliphatic rings. The van der Waals surface area contributed by atoms with Crippen LogP contribution in [0, 0.1) is 0 Å². The molecule has 0 spiro atoms. The van der Waals surface area contributed by atoms with E-state index in [1.54, 1.807) is 11.3 Å². The van der Waals surface area contributed by atoms with Crippen LogP contribution in [0.4, 0.5) is 0 Å². The third-order valence-electron chi connectivity index (χ3n) is 3.02. The molecule has 1 fully saturated rings. The van der Waals surface area contributed by atoms with Crippen molar-refractivity contribution in [2.75, 3.05) is 0 Å². The van der Waals surface area contributed by atoms with Crippen LogP contribution < -0.4 is 0 Å². The van der Waals surface area contributed by atoms with E-state index in [9.17, 15) is 0 Å². The Morgan fingerprint density at radius 1 is 1.12 bits per heavy atom. The molecule has 0 amide bonds. The van der Waals surface area contributed by atoms with Crippen LogP contribution in [0.15, 0.2) is 51.2 Å². The van der Waals surface area contributed by atoms with Gasteiger partial charge < -0.3 is 0 Å². The van der Waals surface area contributed by atoms with E-state index in [2.05, 4.69) is 40.2 Å². The maximum atomic E-state index is 4.79. The lowest BCUT2D eigenvalue weighted by Crippen LogP contribution is -2.00. The van der Waals surface area contributed by atoms with Crippen molar-refractivity contribution in [3.8, 4) is 0 Å². The van der Waals surface area contributed by atoms with Gasteiger partial charge >= 0.3 is 0 Å². The second-order valence-corrected chi connectivity index (χ2v) is 6.77. The Hall–Kier alpha value is -0.930. The predicted molar refractivity (Wildman–Crippen MR) is 77.0 cm³/mol. The number of rotatable bonds is 3. The Morgan fingerprint density at radius 3 is 2.47 bits per heavy atom. The molecule has 2 aromatic rings. The molecule has 86 valence electrons. The summed E-state index contributed by atoms with van der Waals surface area (Å²) in [4.78, 5) is 6.16. The van der Waals surface area contributed by atoms with Gasteiger partial charge in [0, 0.05) is 11.1 Å². The topological polar surface area (TPSA) is 12.4 Å². The summed E-state index contributed by atoms with van der Waals surface area (Å²) in [6.45, 7) is 0. The molecule has 1 nitrogen and oxygen atoms in total. The first kappa shape index (κ1) is 11.2. The molecule has 0 atom stereocenters. The summed E-state index contributed by atoms with van der Waals surface area (Å²) in [7, 11) is 0. The zero-order chi connectivity index (χ0) is 11.7. The van der Waals surface area contributed by atoms with Gasteiger partial charge in [0.05, 0.1) is 9.33 Å². The van der Waals surface area contributed by atoms with Crippen LogP contribution >= 0.6 is 27.3 Å². The number of thiophene rings is 1. The van der Waals surface area contributed by atoms with E-state index in [0.717, 1.165) is 0 Å². The van der Waals surface area contributed by atoms with Crippen molar-refractivity contribution >= 4 is 33.5 Å². The van der Waals surface area contributed by atoms with Gasteiger partial charge in [0.15, 0.2) is 0 Å². The van der Waals surface area contributed by atoms with Crippen LogP contribution in [0.2, 0.25) is 0 Å². The monoisotopic (exact) mass is 305 g/mol. The van der Waals surface area contributed by atoms with Gasteiger partial charge in [-0.2, -0.15) is 0 Å². The van der Waals surface area contributed by atoms with Crippen molar-refractivity contribution in [1.82, 2.24) is 0 Å². The van der Waals surface area contributed by atoms with Crippen LogP contribution in [0.5, 0.6) is 0 Å². The molecular weight excluding hydrogens is 294 g/mol. The highest BCUT2D eigenvalue weighted by Gasteiger charge is 2.45. The van der Waals surface area contributed by atoms with E-state index in [1.165, 1.54) is 27.1 Å². The quantitative estimate of drug-likeness (QED) is 0.734. The average molecular weight is 306 g/mol. The number of hydrogen-bond acceptors (Lipinski definition) is 2. The number of aliphatic imine (C=N–C) groups is 1. The van der Waals surface area contributed by atoms with Crippen LogP contribution in [0.25, 0.3) is 0 Å². The van der Waals surface area contributed by atoms with Crippen molar-refractivity contribution in [3.05, 3.63) is 56.7 Å². The molecule has 0 saturated heterocycles. The van der Waals surface area contributed by atoms with Gasteiger partial charge in [0.2, 0.25) is 0 Å². The molecule has 1 aliphatic carbocycles. The van der Waals surface area contributed by atoms with Crippen molar-refractivity contribution in [1.29, 1.82) is 0 Å². The highest BCUT2D eigenvalue weighted by molar-refractivity contribution is 9.11. The normalized spacial score (nSPS) is 17.5. The molecule has 3 heteroatoms. The van der Waals surface area contributed by atoms with Crippen molar-refractivity contribution in [2.45, 2.75) is 18.4 Å². The molecule has 1 saturated carbocycles. The molecule has 0 N–H and O–H groups in total. The average Bonchev–Trinajstić information content (AvgIpc) is 3.04. The minimum Gasteiger partial charge on any atom is -0.280 e. The molecule has 1 aromatic heterocycles. The van der Waals surface area contributed by atoms with E-state index in [1.807, 2.05) is 24.4 Å². The van der Waals surface area contributed by atoms with Crippen LogP contribution in [-0.4, -0.2) is 6.21 Å². The van der Waals surface area contributed by atoms with Gasteiger partial charge in [-0.1, -0.05) is 30.3 Å². The zero-order valence-electron chi connectivity index (χ0n) is 9.27. The van der Waals surface area contributed by atoms with Crippen LogP contribution in [-0.2, 0) is 5.54 Å².